The topological polar surface area (TPSA) is 33.3 Å². The van der Waals surface area contributed by atoms with Gasteiger partial charge in [0.25, 0.3) is 0 Å². The molecule has 1 aliphatic rings. The largest absolute Gasteiger partial charge is 0.487 e. The zero-order valence-electron chi connectivity index (χ0n) is 8.94. The molecule has 1 fully saturated rings. The van der Waals surface area contributed by atoms with E-state index in [1.807, 2.05) is 24.3 Å². The molecule has 2 aromatic rings. The molecule has 0 bridgehead atoms. The van der Waals surface area contributed by atoms with Crippen molar-refractivity contribution in [3.63, 3.8) is 0 Å². The van der Waals surface area contributed by atoms with Crippen LogP contribution in [0.5, 0.6) is 5.75 Å². The lowest BCUT2D eigenvalue weighted by atomic mass is 10.1. The Morgan fingerprint density at radius 3 is 2.56 bits per heavy atom. The van der Waals surface area contributed by atoms with Crippen molar-refractivity contribution in [3.05, 3.63) is 42.5 Å². The first-order valence-corrected chi connectivity index (χ1v) is 5.53. The molecule has 3 heteroatoms. The van der Waals surface area contributed by atoms with E-state index in [0.29, 0.717) is 0 Å². The Hall–Kier alpha value is -1.58. The van der Waals surface area contributed by atoms with E-state index in [1.54, 1.807) is 0 Å². The third-order valence-corrected chi connectivity index (χ3v) is 2.83. The molecule has 0 aliphatic carbocycles. The molecule has 2 N–H and O–H groups in total. The highest BCUT2D eigenvalue weighted by atomic mass is 16.5. The van der Waals surface area contributed by atoms with Crippen LogP contribution in [0.3, 0.4) is 0 Å². The third-order valence-electron chi connectivity index (χ3n) is 2.83. The molecule has 1 heterocycles. The van der Waals surface area contributed by atoms with E-state index < -0.39 is 0 Å². The van der Waals surface area contributed by atoms with Gasteiger partial charge in [0.05, 0.1) is 0 Å². The van der Waals surface area contributed by atoms with Crippen LogP contribution < -0.4 is 15.6 Å². The molecule has 16 heavy (non-hydrogen) atoms. The van der Waals surface area contributed by atoms with Gasteiger partial charge in [0.1, 0.15) is 11.9 Å². The number of nitrogens with one attached hydrogen (secondary N) is 2. The number of ether oxygens (including phenoxy) is 1. The summed E-state index contributed by atoms with van der Waals surface area (Å²) in [5.74, 6) is 0.966. The summed E-state index contributed by atoms with van der Waals surface area (Å²) < 4.78 is 5.96. The first kappa shape index (κ1) is 9.63. The lowest BCUT2D eigenvalue weighted by Gasteiger charge is -2.13. The number of rotatable bonds is 2. The Balaban J connectivity index is 1.96. The molecule has 3 rings (SSSR count). The van der Waals surface area contributed by atoms with Crippen molar-refractivity contribution in [1.29, 1.82) is 0 Å². The lowest BCUT2D eigenvalue weighted by Crippen LogP contribution is -2.21. The van der Waals surface area contributed by atoms with E-state index in [2.05, 4.69) is 29.1 Å². The number of fused-ring (bicyclic) bond motifs is 1. The van der Waals surface area contributed by atoms with Crippen LogP contribution >= 0.6 is 0 Å². The molecular weight excluding hydrogens is 200 g/mol. The number of hydrogen-bond donors (Lipinski definition) is 2. The van der Waals surface area contributed by atoms with Gasteiger partial charge in [-0.2, -0.15) is 0 Å². The van der Waals surface area contributed by atoms with Crippen LogP contribution in [-0.4, -0.2) is 19.2 Å². The van der Waals surface area contributed by atoms with Crippen molar-refractivity contribution in [1.82, 2.24) is 10.9 Å². The Kier molecular flexibility index (Phi) is 2.48. The van der Waals surface area contributed by atoms with Crippen LogP contribution in [0.1, 0.15) is 0 Å². The van der Waals surface area contributed by atoms with Crippen molar-refractivity contribution in [2.75, 3.05) is 13.1 Å². The number of hydrazine groups is 1. The molecule has 1 aliphatic heterocycles. The molecule has 0 radical (unpaired) electrons. The van der Waals surface area contributed by atoms with Gasteiger partial charge in [0, 0.05) is 18.5 Å². The summed E-state index contributed by atoms with van der Waals surface area (Å²) in [6.07, 6.45) is 0.214. The minimum absolute atomic E-state index is 0.214. The van der Waals surface area contributed by atoms with E-state index in [1.165, 1.54) is 10.8 Å². The van der Waals surface area contributed by atoms with Crippen molar-refractivity contribution in [2.24, 2.45) is 0 Å². The predicted molar refractivity (Wildman–Crippen MR) is 64.4 cm³/mol. The molecule has 0 amide bonds. The van der Waals surface area contributed by atoms with E-state index in [9.17, 15) is 0 Å². The zero-order valence-corrected chi connectivity index (χ0v) is 8.94. The normalized spacial score (nSPS) is 16.8. The maximum atomic E-state index is 5.96. The molecule has 1 saturated heterocycles. The average molecular weight is 214 g/mol. The molecule has 2 aromatic carbocycles. The van der Waals surface area contributed by atoms with Gasteiger partial charge in [-0.1, -0.05) is 36.4 Å². The predicted octanol–water partition coefficient (Wildman–Crippen LogP) is 1.69. The van der Waals surface area contributed by atoms with Gasteiger partial charge in [-0.25, -0.2) is 0 Å². The maximum Gasteiger partial charge on any atom is 0.127 e. The molecule has 0 unspecified atom stereocenters. The first-order chi connectivity index (χ1) is 7.93. The van der Waals surface area contributed by atoms with Crippen LogP contribution in [0.25, 0.3) is 10.8 Å². The van der Waals surface area contributed by atoms with Gasteiger partial charge < -0.3 is 4.74 Å². The molecule has 3 nitrogen and oxygen atoms in total. The Morgan fingerprint density at radius 2 is 1.69 bits per heavy atom. The summed E-state index contributed by atoms with van der Waals surface area (Å²) in [6, 6.07) is 14.5. The Bertz CT molecular complexity index is 487. The summed E-state index contributed by atoms with van der Waals surface area (Å²) in [6.45, 7) is 1.70. The molecule has 0 aromatic heterocycles. The molecule has 0 saturated carbocycles. The van der Waals surface area contributed by atoms with Gasteiger partial charge in [-0.15, -0.1) is 0 Å². The van der Waals surface area contributed by atoms with Crippen molar-refractivity contribution >= 4 is 10.8 Å². The molecule has 0 spiro atoms. The van der Waals surface area contributed by atoms with Crippen molar-refractivity contribution < 1.29 is 4.74 Å². The van der Waals surface area contributed by atoms with Crippen LogP contribution in [0.15, 0.2) is 42.5 Å². The molecule has 0 atom stereocenters. The first-order valence-electron chi connectivity index (χ1n) is 5.53. The second-order valence-electron chi connectivity index (χ2n) is 3.98. The lowest BCUT2D eigenvalue weighted by molar-refractivity contribution is 0.236. The third kappa shape index (κ3) is 1.75. The maximum absolute atomic E-state index is 5.96. The molecule has 82 valence electrons. The van der Waals surface area contributed by atoms with Crippen LogP contribution in [0, 0.1) is 0 Å². The van der Waals surface area contributed by atoms with Gasteiger partial charge in [-0.05, 0) is 11.5 Å². The van der Waals surface area contributed by atoms with Gasteiger partial charge in [0.15, 0.2) is 0 Å². The fourth-order valence-electron chi connectivity index (χ4n) is 2.01. The summed E-state index contributed by atoms with van der Waals surface area (Å²) in [4.78, 5) is 0. The van der Waals surface area contributed by atoms with Crippen LogP contribution in [-0.2, 0) is 0 Å². The van der Waals surface area contributed by atoms with E-state index in [0.717, 1.165) is 18.8 Å². The summed E-state index contributed by atoms with van der Waals surface area (Å²) in [5, 5.41) is 2.40. The smallest absolute Gasteiger partial charge is 0.127 e. The minimum atomic E-state index is 0.214. The van der Waals surface area contributed by atoms with Crippen molar-refractivity contribution in [3.8, 4) is 5.75 Å². The highest BCUT2D eigenvalue weighted by molar-refractivity contribution is 5.88. The minimum Gasteiger partial charge on any atom is -0.487 e. The van der Waals surface area contributed by atoms with Crippen molar-refractivity contribution in [2.45, 2.75) is 6.10 Å². The average Bonchev–Trinajstić information content (AvgIpc) is 2.82. The van der Waals surface area contributed by atoms with E-state index in [-0.39, 0.29) is 6.10 Å². The highest BCUT2D eigenvalue weighted by Gasteiger charge is 2.16. The summed E-state index contributed by atoms with van der Waals surface area (Å²) in [7, 11) is 0. The standard InChI is InChI=1S/C13H14N2O/c1-2-6-12-10(4-1)5-3-7-13(12)16-11-8-14-15-9-11/h1-7,11,14-15H,8-9H2. The number of hydrogen-bond acceptors (Lipinski definition) is 3. The fraction of sp³-hybridized carbons (Fsp3) is 0.231. The van der Waals surface area contributed by atoms with Crippen LogP contribution in [0.2, 0.25) is 0 Å². The molecular formula is C13H14N2O. The summed E-state index contributed by atoms with van der Waals surface area (Å²) in [5.41, 5.74) is 6.13. The monoisotopic (exact) mass is 214 g/mol. The summed E-state index contributed by atoms with van der Waals surface area (Å²) >= 11 is 0. The van der Waals surface area contributed by atoms with Crippen LogP contribution in [0.4, 0.5) is 0 Å². The van der Waals surface area contributed by atoms with Gasteiger partial charge in [-0.3, -0.25) is 10.9 Å². The highest BCUT2D eigenvalue weighted by Crippen LogP contribution is 2.26. The van der Waals surface area contributed by atoms with E-state index >= 15 is 0 Å². The number of benzene rings is 2. The van der Waals surface area contributed by atoms with Gasteiger partial charge in [0.2, 0.25) is 0 Å². The quantitative estimate of drug-likeness (QED) is 0.798. The second-order valence-corrected chi connectivity index (χ2v) is 3.98. The fourth-order valence-corrected chi connectivity index (χ4v) is 2.01. The zero-order chi connectivity index (χ0) is 10.8. The van der Waals surface area contributed by atoms with Gasteiger partial charge >= 0.3 is 0 Å². The Morgan fingerprint density at radius 1 is 0.938 bits per heavy atom. The Labute approximate surface area is 94.4 Å². The SMILES string of the molecule is c1ccc2c(OC3CNNC3)cccc2c1. The second kappa shape index (κ2) is 4.12. The van der Waals surface area contributed by atoms with E-state index in [4.69, 9.17) is 4.74 Å².